The van der Waals surface area contributed by atoms with Crippen molar-refractivity contribution in [1.29, 1.82) is 0 Å². The van der Waals surface area contributed by atoms with Gasteiger partial charge in [0, 0.05) is 5.75 Å². The predicted octanol–water partition coefficient (Wildman–Crippen LogP) is 0.0258. The number of thiol groups is 1. The zero-order valence-electron chi connectivity index (χ0n) is 5.95. The maximum absolute atomic E-state index is 11.0. The molecule has 0 aromatic rings. The minimum Gasteiger partial charge on any atom is -0.318 e. The van der Waals surface area contributed by atoms with Gasteiger partial charge in [-0.15, -0.1) is 0 Å². The summed E-state index contributed by atoms with van der Waals surface area (Å²) in [5.74, 6) is 0.0854. The SMILES string of the molecule is CCC(CS)S(=O)(=O)CN. The van der Waals surface area contributed by atoms with E-state index in [1.54, 1.807) is 0 Å². The average molecular weight is 183 g/mol. The van der Waals surface area contributed by atoms with Gasteiger partial charge in [-0.05, 0) is 6.42 Å². The Kier molecular flexibility index (Phi) is 4.31. The zero-order chi connectivity index (χ0) is 8.20. The van der Waals surface area contributed by atoms with Crippen molar-refractivity contribution in [2.45, 2.75) is 18.6 Å². The highest BCUT2D eigenvalue weighted by atomic mass is 32.2. The van der Waals surface area contributed by atoms with E-state index in [0.717, 1.165) is 0 Å². The molecule has 0 saturated heterocycles. The van der Waals surface area contributed by atoms with E-state index in [1.165, 1.54) is 0 Å². The highest BCUT2D eigenvalue weighted by molar-refractivity contribution is 7.93. The minimum atomic E-state index is -3.06. The van der Waals surface area contributed by atoms with Crippen molar-refractivity contribution < 1.29 is 8.42 Å². The summed E-state index contributed by atoms with van der Waals surface area (Å²) >= 11 is 3.91. The van der Waals surface area contributed by atoms with Gasteiger partial charge in [0.15, 0.2) is 9.84 Å². The third kappa shape index (κ3) is 2.48. The second-order valence-electron chi connectivity index (χ2n) is 2.04. The minimum absolute atomic E-state index is 0.272. The van der Waals surface area contributed by atoms with Gasteiger partial charge >= 0.3 is 0 Å². The topological polar surface area (TPSA) is 60.2 Å². The van der Waals surface area contributed by atoms with Crippen LogP contribution in [0, 0.1) is 0 Å². The Balaban J connectivity index is 4.28. The Morgan fingerprint density at radius 1 is 1.60 bits per heavy atom. The van der Waals surface area contributed by atoms with Crippen LogP contribution in [0.15, 0.2) is 0 Å². The monoisotopic (exact) mass is 183 g/mol. The molecular formula is C5H13NO2S2. The molecule has 0 bridgehead atoms. The third-order valence-corrected chi connectivity index (χ3v) is 4.07. The molecule has 0 heterocycles. The van der Waals surface area contributed by atoms with Crippen LogP contribution in [0.4, 0.5) is 0 Å². The molecule has 10 heavy (non-hydrogen) atoms. The fourth-order valence-electron chi connectivity index (χ4n) is 0.633. The fourth-order valence-corrected chi connectivity index (χ4v) is 2.58. The van der Waals surface area contributed by atoms with Gasteiger partial charge in [0.25, 0.3) is 0 Å². The number of sulfone groups is 1. The Morgan fingerprint density at radius 2 is 2.10 bits per heavy atom. The van der Waals surface area contributed by atoms with E-state index in [-0.39, 0.29) is 11.1 Å². The Labute approximate surface area is 67.3 Å². The van der Waals surface area contributed by atoms with Crippen LogP contribution in [0.5, 0.6) is 0 Å². The maximum atomic E-state index is 11.0. The number of hydrogen-bond donors (Lipinski definition) is 2. The van der Waals surface area contributed by atoms with E-state index in [0.29, 0.717) is 12.2 Å². The van der Waals surface area contributed by atoms with Crippen LogP contribution in [0.1, 0.15) is 13.3 Å². The molecule has 5 heteroatoms. The van der Waals surface area contributed by atoms with Gasteiger partial charge in [-0.1, -0.05) is 6.92 Å². The van der Waals surface area contributed by atoms with E-state index in [4.69, 9.17) is 5.73 Å². The van der Waals surface area contributed by atoms with Crippen LogP contribution in [-0.4, -0.2) is 25.3 Å². The average Bonchev–Trinajstić information content (AvgIpc) is 1.90. The summed E-state index contributed by atoms with van der Waals surface area (Å²) in [4.78, 5) is 0. The Hall–Kier alpha value is 0.260. The van der Waals surface area contributed by atoms with Crippen molar-refractivity contribution in [3.8, 4) is 0 Å². The first-order valence-electron chi connectivity index (χ1n) is 3.11. The lowest BCUT2D eigenvalue weighted by Crippen LogP contribution is -2.28. The van der Waals surface area contributed by atoms with Crippen LogP contribution in [0.25, 0.3) is 0 Å². The normalized spacial score (nSPS) is 15.1. The van der Waals surface area contributed by atoms with Crippen molar-refractivity contribution in [1.82, 2.24) is 0 Å². The van der Waals surface area contributed by atoms with Gasteiger partial charge in [0.1, 0.15) is 0 Å². The second-order valence-corrected chi connectivity index (χ2v) is 4.73. The third-order valence-electron chi connectivity index (χ3n) is 1.40. The molecule has 0 radical (unpaired) electrons. The molecule has 62 valence electrons. The van der Waals surface area contributed by atoms with Gasteiger partial charge in [-0.2, -0.15) is 12.6 Å². The molecule has 0 aromatic heterocycles. The van der Waals surface area contributed by atoms with Gasteiger partial charge in [0.2, 0.25) is 0 Å². The van der Waals surface area contributed by atoms with Gasteiger partial charge < -0.3 is 5.73 Å². The molecule has 0 aliphatic carbocycles. The fraction of sp³-hybridized carbons (Fsp3) is 1.00. The summed E-state index contributed by atoms with van der Waals surface area (Å²) in [5.41, 5.74) is 5.04. The van der Waals surface area contributed by atoms with Crippen molar-refractivity contribution in [3.05, 3.63) is 0 Å². The van der Waals surface area contributed by atoms with Crippen LogP contribution in [0.2, 0.25) is 0 Å². The summed E-state index contributed by atoms with van der Waals surface area (Å²) in [6, 6.07) is 0. The molecule has 0 aliphatic rings. The van der Waals surface area contributed by atoms with Crippen molar-refractivity contribution >= 4 is 22.5 Å². The van der Waals surface area contributed by atoms with E-state index in [2.05, 4.69) is 12.6 Å². The maximum Gasteiger partial charge on any atom is 0.166 e. The molecule has 0 fully saturated rings. The van der Waals surface area contributed by atoms with Crippen molar-refractivity contribution in [2.75, 3.05) is 11.6 Å². The van der Waals surface area contributed by atoms with E-state index in [9.17, 15) is 8.42 Å². The molecule has 0 rings (SSSR count). The molecular weight excluding hydrogens is 170 g/mol. The number of rotatable bonds is 4. The highest BCUT2D eigenvalue weighted by Gasteiger charge is 2.19. The molecule has 0 saturated carbocycles. The molecule has 0 aliphatic heterocycles. The van der Waals surface area contributed by atoms with Gasteiger partial charge in [-0.3, -0.25) is 0 Å². The summed E-state index contributed by atoms with van der Waals surface area (Å²) in [6.45, 7) is 1.81. The molecule has 0 spiro atoms. The van der Waals surface area contributed by atoms with Crippen molar-refractivity contribution in [2.24, 2.45) is 5.73 Å². The molecule has 0 aromatic carbocycles. The standard InChI is InChI=1S/C5H13NO2S2/c1-2-5(3-9)10(7,8)4-6/h5,9H,2-4,6H2,1H3. The van der Waals surface area contributed by atoms with E-state index in [1.807, 2.05) is 6.92 Å². The second kappa shape index (κ2) is 4.20. The van der Waals surface area contributed by atoms with Crippen molar-refractivity contribution in [3.63, 3.8) is 0 Å². The number of nitrogens with two attached hydrogens (primary N) is 1. The number of hydrogen-bond acceptors (Lipinski definition) is 4. The molecule has 1 atom stereocenters. The largest absolute Gasteiger partial charge is 0.318 e. The molecule has 0 amide bonds. The molecule has 3 nitrogen and oxygen atoms in total. The highest BCUT2D eigenvalue weighted by Crippen LogP contribution is 2.06. The molecule has 2 N–H and O–H groups in total. The first kappa shape index (κ1) is 10.3. The van der Waals surface area contributed by atoms with E-state index >= 15 is 0 Å². The predicted molar refractivity (Wildman–Crippen MR) is 45.9 cm³/mol. The van der Waals surface area contributed by atoms with Gasteiger partial charge in [-0.25, -0.2) is 8.42 Å². The van der Waals surface area contributed by atoms with Gasteiger partial charge in [0.05, 0.1) is 11.1 Å². The first-order valence-corrected chi connectivity index (χ1v) is 5.45. The lowest BCUT2D eigenvalue weighted by Gasteiger charge is -2.10. The quantitative estimate of drug-likeness (QED) is 0.604. The summed E-state index contributed by atoms with van der Waals surface area (Å²) < 4.78 is 22.0. The Morgan fingerprint density at radius 3 is 2.20 bits per heavy atom. The zero-order valence-corrected chi connectivity index (χ0v) is 7.66. The van der Waals surface area contributed by atoms with Crippen LogP contribution in [0.3, 0.4) is 0 Å². The lowest BCUT2D eigenvalue weighted by atomic mass is 10.4. The lowest BCUT2D eigenvalue weighted by molar-refractivity contribution is 0.582. The van der Waals surface area contributed by atoms with E-state index < -0.39 is 9.84 Å². The summed E-state index contributed by atoms with van der Waals surface area (Å²) in [7, 11) is -3.06. The van der Waals surface area contributed by atoms with Crippen LogP contribution < -0.4 is 5.73 Å². The summed E-state index contributed by atoms with van der Waals surface area (Å²) in [6.07, 6.45) is 0.586. The van der Waals surface area contributed by atoms with Crippen LogP contribution in [-0.2, 0) is 9.84 Å². The van der Waals surface area contributed by atoms with Crippen LogP contribution >= 0.6 is 12.6 Å². The first-order chi connectivity index (χ1) is 4.58. The summed E-state index contributed by atoms with van der Waals surface area (Å²) in [5, 5.41) is -0.374. The molecule has 1 unspecified atom stereocenters. The smallest absolute Gasteiger partial charge is 0.166 e. The Bertz CT molecular complexity index is 172.